The Hall–Kier alpha value is -3.03. The Morgan fingerprint density at radius 2 is 1.65 bits per heavy atom. The topological polar surface area (TPSA) is 84.5 Å². The number of amides is 1. The molecular weight excluding hydrogens is 472 g/mol. The van der Waals surface area contributed by atoms with Crippen molar-refractivity contribution in [3.63, 3.8) is 0 Å². The van der Waals surface area contributed by atoms with Crippen LogP contribution < -0.4 is 14.8 Å². The first-order valence-electron chi connectivity index (χ1n) is 10.9. The van der Waals surface area contributed by atoms with E-state index in [0.29, 0.717) is 0 Å². The number of aryl methyl sites for hydroxylation is 1. The van der Waals surface area contributed by atoms with Crippen molar-refractivity contribution in [3.05, 3.63) is 87.9 Å². The number of nitrogens with one attached hydrogen (secondary N) is 2. The summed E-state index contributed by atoms with van der Waals surface area (Å²) in [5, 5.41) is 3.13. The van der Waals surface area contributed by atoms with Gasteiger partial charge in [-0.1, -0.05) is 43.6 Å². The maximum atomic E-state index is 13.0. The van der Waals surface area contributed by atoms with E-state index in [1.54, 1.807) is 25.3 Å². The van der Waals surface area contributed by atoms with Crippen molar-refractivity contribution in [3.8, 4) is 5.75 Å². The van der Waals surface area contributed by atoms with Crippen molar-refractivity contribution in [2.45, 2.75) is 44.6 Å². The number of carbonyl (C=O) groups excluding carboxylic acids is 1. The molecule has 1 atom stereocenters. The summed E-state index contributed by atoms with van der Waals surface area (Å²) < 4.78 is 33.1. The van der Waals surface area contributed by atoms with Gasteiger partial charge >= 0.3 is 0 Å². The van der Waals surface area contributed by atoms with Crippen LogP contribution in [0.15, 0.2) is 65.6 Å². The molecule has 0 fully saturated rings. The molecule has 0 aliphatic carbocycles. The van der Waals surface area contributed by atoms with Crippen LogP contribution in [0.25, 0.3) is 0 Å². The number of methoxy groups -OCH3 is 1. The summed E-state index contributed by atoms with van der Waals surface area (Å²) in [6, 6.07) is 16.2. The summed E-state index contributed by atoms with van der Waals surface area (Å²) in [4.78, 5) is 13.1. The molecule has 0 saturated carbocycles. The molecule has 8 heteroatoms. The molecule has 180 valence electrons. The lowest BCUT2D eigenvalue weighted by molar-refractivity contribution is 0.0940. The average molecular weight is 501 g/mol. The highest BCUT2D eigenvalue weighted by Gasteiger charge is 2.20. The number of rotatable bonds is 8. The minimum Gasteiger partial charge on any atom is -0.496 e. The zero-order valence-corrected chi connectivity index (χ0v) is 21.4. The fourth-order valence-corrected chi connectivity index (χ4v) is 5.08. The van der Waals surface area contributed by atoms with Crippen LogP contribution in [-0.2, 0) is 10.0 Å². The zero-order valence-electron chi connectivity index (χ0n) is 19.8. The van der Waals surface area contributed by atoms with E-state index in [1.165, 1.54) is 30.3 Å². The Bertz CT molecular complexity index is 1290. The Morgan fingerprint density at radius 1 is 0.971 bits per heavy atom. The SMILES string of the molecule is COc1cc(C)c(C(C)NC(=O)c2ccc(NS(=O)(=O)c3ccccc3)cc2Cl)cc1C(C)C. The van der Waals surface area contributed by atoms with Crippen molar-refractivity contribution >= 4 is 33.2 Å². The van der Waals surface area contributed by atoms with E-state index in [-0.39, 0.29) is 39.0 Å². The highest BCUT2D eigenvalue weighted by Crippen LogP contribution is 2.32. The summed E-state index contributed by atoms with van der Waals surface area (Å²) in [5.41, 5.74) is 3.58. The molecule has 0 aliphatic rings. The maximum Gasteiger partial charge on any atom is 0.261 e. The third-order valence-electron chi connectivity index (χ3n) is 5.57. The minimum atomic E-state index is -3.76. The number of benzene rings is 3. The molecule has 3 aromatic carbocycles. The van der Waals surface area contributed by atoms with Gasteiger partial charge in [-0.15, -0.1) is 0 Å². The van der Waals surface area contributed by atoms with Gasteiger partial charge < -0.3 is 10.1 Å². The standard InChI is InChI=1S/C26H29ClN2O4S/c1-16(2)22-15-23(17(3)13-25(22)33-5)18(4)28-26(30)21-12-11-19(14-24(21)27)29-34(31,32)20-9-7-6-8-10-20/h6-16,18,29H,1-5H3,(H,28,30). The highest BCUT2D eigenvalue weighted by molar-refractivity contribution is 7.92. The molecule has 34 heavy (non-hydrogen) atoms. The number of sulfonamides is 1. The lowest BCUT2D eigenvalue weighted by Crippen LogP contribution is -2.27. The largest absolute Gasteiger partial charge is 0.496 e. The van der Waals surface area contributed by atoms with Crippen molar-refractivity contribution in [2.24, 2.45) is 0 Å². The number of hydrogen-bond acceptors (Lipinski definition) is 4. The van der Waals surface area contributed by atoms with Crippen LogP contribution in [0.4, 0.5) is 5.69 Å². The molecule has 0 heterocycles. The van der Waals surface area contributed by atoms with E-state index >= 15 is 0 Å². The van der Waals surface area contributed by atoms with Crippen molar-refractivity contribution < 1.29 is 17.9 Å². The van der Waals surface area contributed by atoms with Crippen LogP contribution in [0, 0.1) is 6.92 Å². The van der Waals surface area contributed by atoms with Gasteiger partial charge in [0.2, 0.25) is 0 Å². The lowest BCUT2D eigenvalue weighted by atomic mass is 9.93. The van der Waals surface area contributed by atoms with Crippen molar-refractivity contribution in [2.75, 3.05) is 11.8 Å². The molecular formula is C26H29ClN2O4S. The second-order valence-corrected chi connectivity index (χ2v) is 10.5. The van der Waals surface area contributed by atoms with E-state index in [2.05, 4.69) is 30.0 Å². The molecule has 0 radical (unpaired) electrons. The van der Waals surface area contributed by atoms with Gasteiger partial charge in [-0.3, -0.25) is 9.52 Å². The van der Waals surface area contributed by atoms with Crippen LogP contribution in [0.2, 0.25) is 5.02 Å². The molecule has 3 rings (SSSR count). The Morgan fingerprint density at radius 3 is 2.24 bits per heavy atom. The smallest absolute Gasteiger partial charge is 0.261 e. The van der Waals surface area contributed by atoms with Gasteiger partial charge in [0.1, 0.15) is 5.75 Å². The van der Waals surface area contributed by atoms with Gasteiger partial charge in [-0.25, -0.2) is 8.42 Å². The van der Waals surface area contributed by atoms with Crippen LogP contribution in [0.5, 0.6) is 5.75 Å². The van der Waals surface area contributed by atoms with Gasteiger partial charge in [0.05, 0.1) is 34.3 Å². The molecule has 3 aromatic rings. The lowest BCUT2D eigenvalue weighted by Gasteiger charge is -2.21. The molecule has 1 unspecified atom stereocenters. The summed E-state index contributed by atoms with van der Waals surface area (Å²) >= 11 is 6.35. The quantitative estimate of drug-likeness (QED) is 0.393. The van der Waals surface area contributed by atoms with Crippen molar-refractivity contribution in [1.82, 2.24) is 5.32 Å². The van der Waals surface area contributed by atoms with E-state index in [1.807, 2.05) is 19.9 Å². The molecule has 0 spiro atoms. The van der Waals surface area contributed by atoms with E-state index < -0.39 is 10.0 Å². The van der Waals surface area contributed by atoms with E-state index in [9.17, 15) is 13.2 Å². The summed E-state index contributed by atoms with van der Waals surface area (Å²) in [5.74, 6) is 0.738. The normalized spacial score (nSPS) is 12.3. The van der Waals surface area contributed by atoms with E-state index in [4.69, 9.17) is 16.3 Å². The molecule has 1 amide bonds. The second kappa shape index (κ2) is 10.5. The summed E-state index contributed by atoms with van der Waals surface area (Å²) in [6.45, 7) is 8.07. The van der Waals surface area contributed by atoms with Gasteiger partial charge in [-0.2, -0.15) is 0 Å². The second-order valence-electron chi connectivity index (χ2n) is 8.41. The molecule has 0 aliphatic heterocycles. The van der Waals surface area contributed by atoms with Gasteiger partial charge in [0.25, 0.3) is 15.9 Å². The van der Waals surface area contributed by atoms with Gasteiger partial charge in [0.15, 0.2) is 0 Å². The third kappa shape index (κ3) is 5.72. The van der Waals surface area contributed by atoms with Crippen LogP contribution in [-0.4, -0.2) is 21.4 Å². The molecule has 6 nitrogen and oxygen atoms in total. The van der Waals surface area contributed by atoms with Crippen LogP contribution in [0.3, 0.4) is 0 Å². The number of halogens is 1. The molecule has 2 N–H and O–H groups in total. The zero-order chi connectivity index (χ0) is 25.0. The monoisotopic (exact) mass is 500 g/mol. The summed E-state index contributed by atoms with van der Waals surface area (Å²) in [7, 11) is -2.11. The Kier molecular flexibility index (Phi) is 7.89. The Labute approximate surface area is 206 Å². The Balaban J connectivity index is 1.79. The van der Waals surface area contributed by atoms with Gasteiger partial charge in [0, 0.05) is 0 Å². The fourth-order valence-electron chi connectivity index (χ4n) is 3.74. The van der Waals surface area contributed by atoms with Crippen LogP contribution in [0.1, 0.15) is 59.8 Å². The number of carbonyl (C=O) groups is 1. The number of anilines is 1. The van der Waals surface area contributed by atoms with Gasteiger partial charge in [-0.05, 0) is 78.9 Å². The minimum absolute atomic E-state index is 0.136. The molecule has 0 bridgehead atoms. The third-order valence-corrected chi connectivity index (χ3v) is 7.28. The predicted octanol–water partition coefficient (Wildman–Crippen LogP) is 6.07. The first-order chi connectivity index (χ1) is 16.0. The van der Waals surface area contributed by atoms with E-state index in [0.717, 1.165) is 22.4 Å². The summed E-state index contributed by atoms with van der Waals surface area (Å²) in [6.07, 6.45) is 0. The predicted molar refractivity (Wildman–Crippen MR) is 136 cm³/mol. The van der Waals surface area contributed by atoms with Crippen molar-refractivity contribution in [1.29, 1.82) is 0 Å². The average Bonchev–Trinajstić information content (AvgIpc) is 2.78. The first-order valence-corrected chi connectivity index (χ1v) is 12.8. The molecule has 0 saturated heterocycles. The number of hydrogen-bond donors (Lipinski definition) is 2. The fraction of sp³-hybridized carbons (Fsp3) is 0.269. The molecule has 0 aromatic heterocycles. The highest BCUT2D eigenvalue weighted by atomic mass is 35.5. The van der Waals surface area contributed by atoms with Crippen LogP contribution >= 0.6 is 11.6 Å². The first kappa shape index (κ1) is 25.6. The maximum absolute atomic E-state index is 13.0. The number of ether oxygens (including phenoxy) is 1.